The molecule has 0 radical (unpaired) electrons. The Bertz CT molecular complexity index is 544. The molecule has 2 unspecified atom stereocenters. The third-order valence-electron chi connectivity index (χ3n) is 2.85. The van der Waals surface area contributed by atoms with E-state index >= 15 is 0 Å². The normalized spacial score (nSPS) is 14.3. The fourth-order valence-electron chi connectivity index (χ4n) is 1.73. The van der Waals surface area contributed by atoms with Crippen LogP contribution in [0.4, 0.5) is 0 Å². The Morgan fingerprint density at radius 2 is 2.26 bits per heavy atom. The van der Waals surface area contributed by atoms with Crippen molar-refractivity contribution in [3.8, 4) is 0 Å². The summed E-state index contributed by atoms with van der Waals surface area (Å²) in [5, 5.41) is 12.4. The van der Waals surface area contributed by atoms with Gasteiger partial charge in [-0.05, 0) is 34.5 Å². The van der Waals surface area contributed by atoms with Crippen molar-refractivity contribution >= 4 is 27.7 Å². The minimum Gasteiger partial charge on any atom is -0.326 e. The Balaban J connectivity index is 2.29. The lowest BCUT2D eigenvalue weighted by Gasteiger charge is -2.22. The van der Waals surface area contributed by atoms with Crippen LogP contribution in [0.15, 0.2) is 33.9 Å². The predicted molar refractivity (Wildman–Crippen MR) is 79.8 cm³/mol. The number of benzene rings is 1. The number of thioether (sulfide) groups is 1. The summed E-state index contributed by atoms with van der Waals surface area (Å²) in [7, 11) is 1.83. The summed E-state index contributed by atoms with van der Waals surface area (Å²) in [5.41, 5.74) is 7.43. The van der Waals surface area contributed by atoms with E-state index in [2.05, 4.69) is 50.5 Å². The van der Waals surface area contributed by atoms with Crippen molar-refractivity contribution in [1.82, 2.24) is 20.2 Å². The quantitative estimate of drug-likeness (QED) is 0.846. The summed E-state index contributed by atoms with van der Waals surface area (Å²) in [6.45, 7) is 2.09. The topological polar surface area (TPSA) is 69.6 Å². The molecule has 1 heterocycles. The molecule has 0 bridgehead atoms. The minimum atomic E-state index is 0.0519. The highest BCUT2D eigenvalue weighted by molar-refractivity contribution is 9.10. The van der Waals surface area contributed by atoms with Crippen molar-refractivity contribution in [2.45, 2.75) is 29.8 Å². The maximum Gasteiger partial charge on any atom is 0.209 e. The number of tetrazole rings is 1. The first-order valence-corrected chi connectivity index (χ1v) is 7.69. The second-order valence-electron chi connectivity index (χ2n) is 4.25. The van der Waals surface area contributed by atoms with Gasteiger partial charge in [-0.2, -0.15) is 0 Å². The molecule has 0 aliphatic carbocycles. The Morgan fingerprint density at radius 3 is 2.84 bits per heavy atom. The van der Waals surface area contributed by atoms with Crippen LogP contribution in [-0.2, 0) is 7.05 Å². The van der Waals surface area contributed by atoms with Crippen LogP contribution in [0.5, 0.6) is 0 Å². The van der Waals surface area contributed by atoms with Crippen molar-refractivity contribution in [2.75, 3.05) is 0 Å². The summed E-state index contributed by atoms with van der Waals surface area (Å²) in [5.74, 6) is 0. The van der Waals surface area contributed by atoms with Crippen LogP contribution in [-0.4, -0.2) is 26.2 Å². The highest BCUT2D eigenvalue weighted by Crippen LogP contribution is 2.37. The van der Waals surface area contributed by atoms with Crippen LogP contribution >= 0.6 is 27.7 Å². The maximum atomic E-state index is 6.25. The molecule has 2 N–H and O–H groups in total. The van der Waals surface area contributed by atoms with E-state index in [4.69, 9.17) is 5.73 Å². The van der Waals surface area contributed by atoms with Gasteiger partial charge in [0.15, 0.2) is 0 Å². The molecule has 5 nitrogen and oxygen atoms in total. The van der Waals surface area contributed by atoms with Crippen LogP contribution in [0.2, 0.25) is 0 Å². The lowest BCUT2D eigenvalue weighted by Crippen LogP contribution is -2.26. The van der Waals surface area contributed by atoms with Gasteiger partial charge in [0.25, 0.3) is 0 Å². The Morgan fingerprint density at radius 1 is 1.47 bits per heavy atom. The zero-order valence-corrected chi connectivity index (χ0v) is 13.2. The molecule has 1 aromatic carbocycles. The maximum absolute atomic E-state index is 6.25. The van der Waals surface area contributed by atoms with Crippen LogP contribution in [0, 0.1) is 0 Å². The van der Waals surface area contributed by atoms with Gasteiger partial charge < -0.3 is 5.73 Å². The average molecular weight is 342 g/mol. The molecule has 7 heteroatoms. The summed E-state index contributed by atoms with van der Waals surface area (Å²) in [4.78, 5) is 0. The van der Waals surface area contributed by atoms with E-state index in [-0.39, 0.29) is 11.3 Å². The van der Waals surface area contributed by atoms with Gasteiger partial charge in [-0.3, -0.25) is 0 Å². The molecule has 19 heavy (non-hydrogen) atoms. The van der Waals surface area contributed by atoms with Gasteiger partial charge in [0.1, 0.15) is 0 Å². The zero-order chi connectivity index (χ0) is 13.8. The highest BCUT2D eigenvalue weighted by Gasteiger charge is 2.22. The van der Waals surface area contributed by atoms with Gasteiger partial charge in [-0.15, -0.1) is 5.10 Å². The van der Waals surface area contributed by atoms with Crippen LogP contribution in [0.25, 0.3) is 0 Å². The van der Waals surface area contributed by atoms with Crippen molar-refractivity contribution < 1.29 is 0 Å². The first-order chi connectivity index (χ1) is 9.11. The van der Waals surface area contributed by atoms with Gasteiger partial charge in [-0.25, -0.2) is 4.68 Å². The number of aryl methyl sites for hydroxylation is 1. The highest BCUT2D eigenvalue weighted by atomic mass is 79.9. The lowest BCUT2D eigenvalue weighted by atomic mass is 10.0. The van der Waals surface area contributed by atoms with E-state index in [0.717, 1.165) is 16.0 Å². The first-order valence-electron chi connectivity index (χ1n) is 6.02. The van der Waals surface area contributed by atoms with E-state index in [1.165, 1.54) is 5.56 Å². The van der Waals surface area contributed by atoms with Crippen molar-refractivity contribution in [2.24, 2.45) is 12.8 Å². The molecule has 2 rings (SSSR count). The first kappa shape index (κ1) is 14.5. The third-order valence-corrected chi connectivity index (χ3v) is 4.78. The lowest BCUT2D eigenvalue weighted by molar-refractivity contribution is 0.624. The molecule has 102 valence electrons. The van der Waals surface area contributed by atoms with Gasteiger partial charge in [0, 0.05) is 17.6 Å². The summed E-state index contributed by atoms with van der Waals surface area (Å²) >= 11 is 5.10. The Hall–Kier alpha value is -0.920. The second-order valence-corrected chi connectivity index (χ2v) is 6.28. The smallest absolute Gasteiger partial charge is 0.209 e. The molecule has 0 saturated carbocycles. The molecule has 0 fully saturated rings. The number of hydrogen-bond acceptors (Lipinski definition) is 5. The monoisotopic (exact) mass is 341 g/mol. The van der Waals surface area contributed by atoms with E-state index in [0.29, 0.717) is 0 Å². The van der Waals surface area contributed by atoms with Crippen LogP contribution in [0.3, 0.4) is 0 Å². The van der Waals surface area contributed by atoms with Crippen molar-refractivity contribution in [1.29, 1.82) is 0 Å². The summed E-state index contributed by atoms with van der Waals surface area (Å²) in [6, 6.07) is 8.26. The number of halogens is 1. The van der Waals surface area contributed by atoms with E-state index < -0.39 is 0 Å². The zero-order valence-electron chi connectivity index (χ0n) is 10.8. The Labute approximate surface area is 125 Å². The molecule has 0 aliphatic rings. The van der Waals surface area contributed by atoms with Crippen molar-refractivity contribution in [3.05, 3.63) is 34.3 Å². The largest absolute Gasteiger partial charge is 0.326 e. The molecular weight excluding hydrogens is 326 g/mol. The number of nitrogens with two attached hydrogens (primary N) is 1. The number of hydrogen-bond donors (Lipinski definition) is 1. The molecule has 2 atom stereocenters. The fourth-order valence-corrected chi connectivity index (χ4v) is 3.30. The predicted octanol–water partition coefficient (Wildman–Crippen LogP) is 2.54. The van der Waals surface area contributed by atoms with Gasteiger partial charge in [-0.1, -0.05) is 46.7 Å². The molecule has 0 spiro atoms. The molecule has 0 amide bonds. The molecular formula is C12H16BrN5S. The van der Waals surface area contributed by atoms with Gasteiger partial charge in [0.2, 0.25) is 5.16 Å². The number of aromatic nitrogens is 4. The SMILES string of the molecule is CCC(N)C(Sc1nnnn1C)c1cccc(Br)c1. The van der Waals surface area contributed by atoms with Gasteiger partial charge >= 0.3 is 0 Å². The molecule has 2 aromatic rings. The second kappa shape index (κ2) is 6.49. The molecule has 0 aliphatic heterocycles. The van der Waals surface area contributed by atoms with E-state index in [1.807, 2.05) is 19.2 Å². The van der Waals surface area contributed by atoms with Crippen LogP contribution in [0.1, 0.15) is 24.2 Å². The summed E-state index contributed by atoms with van der Waals surface area (Å²) < 4.78 is 2.72. The van der Waals surface area contributed by atoms with Gasteiger partial charge in [0.05, 0.1) is 5.25 Å². The van der Waals surface area contributed by atoms with Crippen LogP contribution < -0.4 is 5.73 Å². The standard InChI is InChI=1S/C12H16BrN5S/c1-3-10(14)11(8-5-4-6-9(13)7-8)19-12-15-16-17-18(12)2/h4-7,10-11H,3,14H2,1-2H3. The molecule has 0 saturated heterocycles. The molecule has 1 aromatic heterocycles. The number of rotatable bonds is 5. The number of nitrogens with zero attached hydrogens (tertiary/aromatic N) is 4. The fraction of sp³-hybridized carbons (Fsp3) is 0.417. The van der Waals surface area contributed by atoms with Crippen molar-refractivity contribution in [3.63, 3.8) is 0 Å². The minimum absolute atomic E-state index is 0.0519. The summed E-state index contributed by atoms with van der Waals surface area (Å²) in [6.07, 6.45) is 0.898. The van der Waals surface area contributed by atoms with E-state index in [1.54, 1.807) is 16.4 Å². The third kappa shape index (κ3) is 3.55. The Kier molecular flexibility index (Phi) is 4.95. The van der Waals surface area contributed by atoms with E-state index in [9.17, 15) is 0 Å². The average Bonchev–Trinajstić information content (AvgIpc) is 2.80.